The summed E-state index contributed by atoms with van der Waals surface area (Å²) in [7, 11) is -3.68. The number of oxazole rings is 1. The number of carbonyl (C=O) groups excluding carboxylic acids is 1. The van der Waals surface area contributed by atoms with E-state index in [1.54, 1.807) is 6.92 Å². The number of nitrogens with zero attached hydrogens (tertiary/aromatic N) is 2. The van der Waals surface area contributed by atoms with Gasteiger partial charge >= 0.3 is 11.7 Å². The van der Waals surface area contributed by atoms with Crippen LogP contribution in [-0.2, 0) is 26.1 Å². The number of aromatic nitrogens is 1. The van der Waals surface area contributed by atoms with Crippen molar-refractivity contribution in [1.29, 1.82) is 0 Å². The smallest absolute Gasteiger partial charge is 0.420 e. The minimum Gasteiger partial charge on any atom is -0.465 e. The van der Waals surface area contributed by atoms with E-state index in [2.05, 4.69) is 0 Å². The van der Waals surface area contributed by atoms with Crippen LogP contribution in [0.3, 0.4) is 0 Å². The molecule has 2 heterocycles. The topological polar surface area (TPSA) is 98.8 Å². The number of sulfonamides is 1. The van der Waals surface area contributed by atoms with Crippen molar-refractivity contribution in [2.75, 3.05) is 19.7 Å². The van der Waals surface area contributed by atoms with Crippen LogP contribution in [0.1, 0.15) is 27.2 Å². The van der Waals surface area contributed by atoms with E-state index >= 15 is 0 Å². The molecule has 0 radical (unpaired) electrons. The van der Waals surface area contributed by atoms with Crippen LogP contribution in [-0.4, -0.2) is 43.0 Å². The summed E-state index contributed by atoms with van der Waals surface area (Å²) < 4.78 is 38.6. The van der Waals surface area contributed by atoms with Gasteiger partial charge in [-0.05, 0) is 37.3 Å². The first-order valence-electron chi connectivity index (χ1n) is 9.01. The fourth-order valence-electron chi connectivity index (χ4n) is 3.64. The summed E-state index contributed by atoms with van der Waals surface area (Å²) >= 11 is 0. The summed E-state index contributed by atoms with van der Waals surface area (Å²) in [5, 5.41) is 0. The molecule has 27 heavy (non-hydrogen) atoms. The molecule has 1 saturated heterocycles. The lowest BCUT2D eigenvalue weighted by Crippen LogP contribution is -2.42. The number of hydrogen-bond acceptors (Lipinski definition) is 6. The van der Waals surface area contributed by atoms with Crippen LogP contribution in [0.15, 0.2) is 32.3 Å². The predicted molar refractivity (Wildman–Crippen MR) is 98.8 cm³/mol. The van der Waals surface area contributed by atoms with Crippen LogP contribution < -0.4 is 5.76 Å². The Morgan fingerprint density at radius 3 is 2.56 bits per heavy atom. The van der Waals surface area contributed by atoms with Crippen molar-refractivity contribution < 1.29 is 22.4 Å². The van der Waals surface area contributed by atoms with Gasteiger partial charge in [0.25, 0.3) is 0 Å². The first-order chi connectivity index (χ1) is 12.7. The van der Waals surface area contributed by atoms with Gasteiger partial charge in [0.05, 0.1) is 17.0 Å². The van der Waals surface area contributed by atoms with Gasteiger partial charge < -0.3 is 9.15 Å². The molecular formula is C18H24N2O6S. The summed E-state index contributed by atoms with van der Waals surface area (Å²) in [6.45, 7) is 6.61. The fraction of sp³-hybridized carbons (Fsp3) is 0.556. The molecule has 0 saturated carbocycles. The minimum atomic E-state index is -3.68. The highest BCUT2D eigenvalue weighted by atomic mass is 32.2. The van der Waals surface area contributed by atoms with Gasteiger partial charge in [-0.15, -0.1) is 0 Å². The van der Waals surface area contributed by atoms with E-state index in [0.717, 1.165) is 11.0 Å². The van der Waals surface area contributed by atoms with E-state index in [4.69, 9.17) is 9.15 Å². The Bertz CT molecular complexity index is 997. The van der Waals surface area contributed by atoms with Crippen LogP contribution in [0.5, 0.6) is 0 Å². The quantitative estimate of drug-likeness (QED) is 0.715. The maximum absolute atomic E-state index is 13.0. The predicted octanol–water partition coefficient (Wildman–Crippen LogP) is 1.82. The number of carbonyl (C=O) groups is 1. The van der Waals surface area contributed by atoms with Crippen molar-refractivity contribution in [2.45, 2.75) is 38.6 Å². The van der Waals surface area contributed by atoms with Crippen LogP contribution >= 0.6 is 0 Å². The number of rotatable bonds is 5. The lowest BCUT2D eigenvalue weighted by Gasteiger charge is -2.34. The normalized spacial score (nSPS) is 21.4. The number of hydrogen-bond donors (Lipinski definition) is 0. The SMILES string of the molecule is CCOC(=O)Cn1c(=O)oc2cc(S(=O)(=O)N3C[C@@H](C)C[C@H](C)C3)ccc21. The van der Waals surface area contributed by atoms with Gasteiger partial charge in [-0.1, -0.05) is 13.8 Å². The van der Waals surface area contributed by atoms with Gasteiger partial charge in [0.1, 0.15) is 6.54 Å². The highest BCUT2D eigenvalue weighted by Gasteiger charge is 2.32. The highest BCUT2D eigenvalue weighted by Crippen LogP contribution is 2.28. The zero-order valence-corrected chi connectivity index (χ0v) is 16.5. The van der Waals surface area contributed by atoms with Crippen LogP contribution in [0.25, 0.3) is 11.1 Å². The molecule has 0 aliphatic carbocycles. The first kappa shape index (κ1) is 19.6. The summed E-state index contributed by atoms with van der Waals surface area (Å²) in [5.41, 5.74) is 0.482. The van der Waals surface area contributed by atoms with E-state index in [-0.39, 0.29) is 35.5 Å². The van der Waals surface area contributed by atoms with Crippen molar-refractivity contribution in [1.82, 2.24) is 8.87 Å². The lowest BCUT2D eigenvalue weighted by atomic mass is 9.94. The number of benzene rings is 1. The molecule has 0 unspecified atom stereocenters. The fourth-order valence-corrected chi connectivity index (χ4v) is 5.34. The van der Waals surface area contributed by atoms with Crippen LogP contribution in [0.2, 0.25) is 0 Å². The summed E-state index contributed by atoms with van der Waals surface area (Å²) in [5.74, 6) is -0.713. The monoisotopic (exact) mass is 396 g/mol. The van der Waals surface area contributed by atoms with E-state index < -0.39 is 21.7 Å². The van der Waals surface area contributed by atoms with Gasteiger partial charge in [-0.25, -0.2) is 13.2 Å². The Kier molecular flexibility index (Phi) is 5.43. The molecule has 1 aliphatic heterocycles. The highest BCUT2D eigenvalue weighted by molar-refractivity contribution is 7.89. The first-order valence-corrected chi connectivity index (χ1v) is 10.5. The van der Waals surface area contributed by atoms with Crippen LogP contribution in [0.4, 0.5) is 0 Å². The second-order valence-electron chi connectivity index (χ2n) is 7.16. The molecule has 3 rings (SSSR count). The standard InChI is InChI=1S/C18H24N2O6S/c1-4-25-17(21)11-20-15-6-5-14(8-16(15)26-18(20)22)27(23,24)19-9-12(2)7-13(3)10-19/h5-6,8,12-13H,4,7,9-11H2,1-3H3/t12-,13-/m0/s1. The Morgan fingerprint density at radius 2 is 1.93 bits per heavy atom. The molecule has 0 amide bonds. The maximum atomic E-state index is 13.0. The lowest BCUT2D eigenvalue weighted by molar-refractivity contribution is -0.143. The van der Waals surface area contributed by atoms with Crippen molar-refractivity contribution >= 4 is 27.1 Å². The molecule has 1 fully saturated rings. The molecule has 0 N–H and O–H groups in total. The molecule has 1 aromatic carbocycles. The average Bonchev–Trinajstić information content (AvgIpc) is 2.89. The second-order valence-corrected chi connectivity index (χ2v) is 9.09. The largest absolute Gasteiger partial charge is 0.465 e. The van der Waals surface area contributed by atoms with Crippen molar-refractivity contribution in [2.24, 2.45) is 11.8 Å². The molecule has 1 aliphatic rings. The van der Waals surface area contributed by atoms with Crippen LogP contribution in [0, 0.1) is 11.8 Å². The number of fused-ring (bicyclic) bond motifs is 1. The molecule has 1 aromatic heterocycles. The van der Waals surface area contributed by atoms with Gasteiger partial charge in [-0.2, -0.15) is 4.31 Å². The molecule has 8 nitrogen and oxygen atoms in total. The Balaban J connectivity index is 1.95. The van der Waals surface area contributed by atoms with Gasteiger partial charge in [0.2, 0.25) is 10.0 Å². The Morgan fingerprint density at radius 1 is 1.26 bits per heavy atom. The van der Waals surface area contributed by atoms with Crippen molar-refractivity contribution in [3.8, 4) is 0 Å². The summed E-state index contributed by atoms with van der Waals surface area (Å²) in [6, 6.07) is 4.28. The minimum absolute atomic E-state index is 0.0772. The third-order valence-corrected chi connectivity index (χ3v) is 6.53. The Labute approximate surface area is 157 Å². The molecule has 9 heteroatoms. The zero-order valence-electron chi connectivity index (χ0n) is 15.7. The van der Waals surface area contributed by atoms with E-state index in [9.17, 15) is 18.0 Å². The van der Waals surface area contributed by atoms with Crippen molar-refractivity contribution in [3.63, 3.8) is 0 Å². The van der Waals surface area contributed by atoms with Gasteiger partial charge in [0, 0.05) is 19.2 Å². The van der Waals surface area contributed by atoms with E-state index in [1.807, 2.05) is 13.8 Å². The summed E-state index contributed by atoms with van der Waals surface area (Å²) in [6.07, 6.45) is 0.997. The maximum Gasteiger partial charge on any atom is 0.420 e. The average molecular weight is 396 g/mol. The number of esters is 1. The van der Waals surface area contributed by atoms with E-state index in [1.165, 1.54) is 22.5 Å². The molecular weight excluding hydrogens is 372 g/mol. The molecule has 148 valence electrons. The number of piperidine rings is 1. The van der Waals surface area contributed by atoms with E-state index in [0.29, 0.717) is 18.6 Å². The third kappa shape index (κ3) is 3.93. The van der Waals surface area contributed by atoms with Crippen molar-refractivity contribution in [3.05, 3.63) is 28.7 Å². The van der Waals surface area contributed by atoms with Gasteiger partial charge in [-0.3, -0.25) is 9.36 Å². The zero-order chi connectivity index (χ0) is 19.8. The second kappa shape index (κ2) is 7.47. The molecule has 2 aromatic rings. The Hall–Kier alpha value is -2.13. The molecule has 0 spiro atoms. The van der Waals surface area contributed by atoms with Gasteiger partial charge in [0.15, 0.2) is 5.58 Å². The molecule has 0 bridgehead atoms. The summed E-state index contributed by atoms with van der Waals surface area (Å²) in [4.78, 5) is 23.8. The third-order valence-electron chi connectivity index (χ3n) is 4.71. The molecule has 2 atom stereocenters. The number of ether oxygens (including phenoxy) is 1.